The number of Topliss-reactive ketones (excluding diaryl/α,β-unsaturated/α-hetero) is 1. The number of aliphatic hydroxyl groups is 2. The van der Waals surface area contributed by atoms with Crippen LogP contribution >= 0.6 is 0 Å². The zero-order valence-electron chi connectivity index (χ0n) is 18.3. The van der Waals surface area contributed by atoms with Gasteiger partial charge in [0.15, 0.2) is 0 Å². The van der Waals surface area contributed by atoms with Crippen molar-refractivity contribution in [2.24, 2.45) is 17.3 Å². The molecule has 7 heteroatoms. The molecule has 0 radical (unpaired) electrons. The second kappa shape index (κ2) is 8.41. The standard InChI is InChI=1S/C23H33NO6/c1-13(7-9-24)16-10-18-23(4,30-18)8-5-6-15-12-22(3,17(25)11-19(26)29-16)21(28)14(2)20(15)27/h7,14-18,20,25,27H,5-6,8,10-12H2,1-4H3/b13-7+/t14-,15-,16+,17+,18+,20-,22-,23-/m1/s1. The number of aliphatic hydroxyl groups excluding tert-OH is 2. The zero-order valence-corrected chi connectivity index (χ0v) is 18.3. The van der Waals surface area contributed by atoms with Gasteiger partial charge in [-0.15, -0.1) is 0 Å². The van der Waals surface area contributed by atoms with E-state index in [1.165, 1.54) is 6.08 Å². The SMILES string of the molecule is C/C(=C\C#N)[C@@H]1C[C@@H]2O[C@]2(C)CCC[C@@H]2C[C@@](C)(C(=O)[C@H](C)[C@H]2O)[C@@H](O)CC(=O)O1. The average Bonchev–Trinajstić information content (AvgIpc) is 3.32. The van der Waals surface area contributed by atoms with Crippen LogP contribution in [0.15, 0.2) is 11.6 Å². The number of epoxide rings is 1. The first kappa shape index (κ1) is 22.9. The molecule has 0 aromatic rings. The summed E-state index contributed by atoms with van der Waals surface area (Å²) in [5, 5.41) is 30.5. The summed E-state index contributed by atoms with van der Waals surface area (Å²) in [4.78, 5) is 25.6. The fraction of sp³-hybridized carbons (Fsp3) is 0.783. The van der Waals surface area contributed by atoms with Gasteiger partial charge < -0.3 is 19.7 Å². The maximum absolute atomic E-state index is 13.0. The smallest absolute Gasteiger partial charge is 0.309 e. The first-order valence-corrected chi connectivity index (χ1v) is 10.9. The van der Waals surface area contributed by atoms with Crippen LogP contribution in [0.1, 0.15) is 66.2 Å². The van der Waals surface area contributed by atoms with Crippen molar-refractivity contribution in [2.75, 3.05) is 0 Å². The number of rotatable bonds is 1. The van der Waals surface area contributed by atoms with Gasteiger partial charge in [0.25, 0.3) is 0 Å². The largest absolute Gasteiger partial charge is 0.458 e. The molecule has 0 aromatic heterocycles. The highest BCUT2D eigenvalue weighted by Gasteiger charge is 2.55. The summed E-state index contributed by atoms with van der Waals surface area (Å²) in [5.74, 6) is -1.54. The van der Waals surface area contributed by atoms with E-state index in [2.05, 4.69) is 0 Å². The number of nitriles is 1. The lowest BCUT2D eigenvalue weighted by Crippen LogP contribution is -2.54. The van der Waals surface area contributed by atoms with Crippen molar-refractivity contribution in [2.45, 2.75) is 96.2 Å². The first-order valence-electron chi connectivity index (χ1n) is 10.9. The number of nitrogens with zero attached hydrogens (tertiary/aromatic N) is 1. The molecule has 1 aliphatic carbocycles. The minimum atomic E-state index is -1.19. The number of ketones is 1. The minimum absolute atomic E-state index is 0.0766. The topological polar surface area (TPSA) is 120 Å². The van der Waals surface area contributed by atoms with Crippen LogP contribution in [0.25, 0.3) is 0 Å². The lowest BCUT2D eigenvalue weighted by Gasteiger charge is -2.45. The van der Waals surface area contributed by atoms with E-state index in [-0.39, 0.29) is 29.8 Å². The molecule has 0 aromatic carbocycles. The Hall–Kier alpha value is -1.75. The van der Waals surface area contributed by atoms with E-state index in [0.717, 1.165) is 19.3 Å². The van der Waals surface area contributed by atoms with Gasteiger partial charge in [-0.05, 0) is 44.6 Å². The number of fused-ring (bicyclic) bond motifs is 3. The second-order valence-electron chi connectivity index (χ2n) is 9.79. The van der Waals surface area contributed by atoms with Gasteiger partial charge in [-0.1, -0.05) is 20.3 Å². The number of ether oxygens (including phenoxy) is 2. The summed E-state index contributed by atoms with van der Waals surface area (Å²) in [6, 6.07) is 1.97. The molecule has 0 amide bonds. The summed E-state index contributed by atoms with van der Waals surface area (Å²) in [6.45, 7) is 7.15. The predicted octanol–water partition coefficient (Wildman–Crippen LogP) is 2.44. The highest BCUT2D eigenvalue weighted by Crippen LogP contribution is 2.48. The third kappa shape index (κ3) is 4.32. The van der Waals surface area contributed by atoms with Crippen molar-refractivity contribution in [3.63, 3.8) is 0 Å². The number of carbonyl (C=O) groups excluding carboxylic acids is 2. The van der Waals surface area contributed by atoms with E-state index in [4.69, 9.17) is 14.7 Å². The molecule has 3 fully saturated rings. The Morgan fingerprint density at radius 2 is 2.00 bits per heavy atom. The van der Waals surface area contributed by atoms with Crippen LogP contribution in [-0.4, -0.2) is 52.0 Å². The highest BCUT2D eigenvalue weighted by molar-refractivity contribution is 5.89. The fourth-order valence-corrected chi connectivity index (χ4v) is 5.25. The first-order chi connectivity index (χ1) is 14.0. The van der Waals surface area contributed by atoms with E-state index in [9.17, 15) is 19.8 Å². The molecule has 0 unspecified atom stereocenters. The van der Waals surface area contributed by atoms with Crippen LogP contribution < -0.4 is 0 Å². The van der Waals surface area contributed by atoms with E-state index >= 15 is 0 Å². The van der Waals surface area contributed by atoms with E-state index in [0.29, 0.717) is 18.4 Å². The van der Waals surface area contributed by atoms with Gasteiger partial charge in [0, 0.05) is 18.4 Å². The van der Waals surface area contributed by atoms with Gasteiger partial charge in [-0.25, -0.2) is 0 Å². The van der Waals surface area contributed by atoms with Crippen LogP contribution in [0.3, 0.4) is 0 Å². The van der Waals surface area contributed by atoms with Gasteiger partial charge in [0.05, 0.1) is 41.8 Å². The van der Waals surface area contributed by atoms with Crippen LogP contribution in [0.5, 0.6) is 0 Å². The van der Waals surface area contributed by atoms with Crippen LogP contribution in [0.2, 0.25) is 0 Å². The number of allylic oxidation sites excluding steroid dienone is 1. The molecule has 1 saturated carbocycles. The summed E-state index contributed by atoms with van der Waals surface area (Å²) >= 11 is 0. The van der Waals surface area contributed by atoms with Crippen molar-refractivity contribution in [3.05, 3.63) is 11.6 Å². The highest BCUT2D eigenvalue weighted by atomic mass is 16.6. The maximum atomic E-state index is 13.0. The number of carbonyl (C=O) groups is 2. The summed E-state index contributed by atoms with van der Waals surface area (Å²) in [7, 11) is 0. The predicted molar refractivity (Wildman–Crippen MR) is 108 cm³/mol. The number of hydrogen-bond acceptors (Lipinski definition) is 7. The molecule has 7 nitrogen and oxygen atoms in total. The van der Waals surface area contributed by atoms with Gasteiger partial charge in [-0.2, -0.15) is 5.26 Å². The Balaban J connectivity index is 1.87. The molecule has 8 atom stereocenters. The molecular weight excluding hydrogens is 386 g/mol. The molecule has 166 valence electrons. The third-order valence-electron chi connectivity index (χ3n) is 7.54. The number of hydrogen-bond donors (Lipinski definition) is 2. The molecule has 3 aliphatic rings. The van der Waals surface area contributed by atoms with Crippen molar-refractivity contribution in [1.82, 2.24) is 0 Å². The zero-order chi connectivity index (χ0) is 22.3. The quantitative estimate of drug-likeness (QED) is 0.380. The molecular formula is C23H33NO6. The molecule has 2 saturated heterocycles. The maximum Gasteiger partial charge on any atom is 0.309 e. The van der Waals surface area contributed by atoms with Crippen molar-refractivity contribution < 1.29 is 29.3 Å². The van der Waals surface area contributed by atoms with Gasteiger partial charge in [-0.3, -0.25) is 9.59 Å². The van der Waals surface area contributed by atoms with E-state index in [1.54, 1.807) is 20.8 Å². The Morgan fingerprint density at radius 3 is 2.67 bits per heavy atom. The van der Waals surface area contributed by atoms with E-state index in [1.807, 2.05) is 13.0 Å². The molecule has 2 N–H and O–H groups in total. The number of esters is 1. The van der Waals surface area contributed by atoms with Crippen LogP contribution in [0, 0.1) is 28.6 Å². The van der Waals surface area contributed by atoms with Gasteiger partial charge in [0.2, 0.25) is 0 Å². The van der Waals surface area contributed by atoms with E-state index < -0.39 is 35.6 Å². The summed E-state index contributed by atoms with van der Waals surface area (Å²) in [5.41, 5.74) is -0.796. The summed E-state index contributed by atoms with van der Waals surface area (Å²) < 4.78 is 11.5. The van der Waals surface area contributed by atoms with Crippen LogP contribution in [0.4, 0.5) is 0 Å². The molecule has 2 aliphatic heterocycles. The Labute approximate surface area is 178 Å². The third-order valence-corrected chi connectivity index (χ3v) is 7.54. The normalized spacial score (nSPS) is 45.6. The van der Waals surface area contributed by atoms with Gasteiger partial charge in [0.1, 0.15) is 11.9 Å². The van der Waals surface area contributed by atoms with Crippen molar-refractivity contribution in [3.8, 4) is 6.07 Å². The van der Waals surface area contributed by atoms with Gasteiger partial charge >= 0.3 is 5.97 Å². The fourth-order valence-electron chi connectivity index (χ4n) is 5.25. The molecule has 2 heterocycles. The monoisotopic (exact) mass is 419 g/mol. The molecule has 30 heavy (non-hydrogen) atoms. The summed E-state index contributed by atoms with van der Waals surface area (Å²) in [6.07, 6.45) is 1.57. The number of cyclic esters (lactones) is 1. The minimum Gasteiger partial charge on any atom is -0.458 e. The van der Waals surface area contributed by atoms with Crippen LogP contribution in [-0.2, 0) is 19.1 Å². The molecule has 3 rings (SSSR count). The molecule has 0 spiro atoms. The average molecular weight is 420 g/mol. The lowest BCUT2D eigenvalue weighted by molar-refractivity contribution is -0.161. The van der Waals surface area contributed by atoms with Crippen molar-refractivity contribution >= 4 is 11.8 Å². The second-order valence-corrected chi connectivity index (χ2v) is 9.79. The lowest BCUT2D eigenvalue weighted by atomic mass is 9.60. The van der Waals surface area contributed by atoms with Crippen molar-refractivity contribution in [1.29, 1.82) is 5.26 Å². The Kier molecular flexibility index (Phi) is 6.43. The Morgan fingerprint density at radius 1 is 1.30 bits per heavy atom. The molecule has 2 bridgehead atoms. The Bertz CT molecular complexity index is 772.